The van der Waals surface area contributed by atoms with Crippen LogP contribution < -0.4 is 16.4 Å². The topological polar surface area (TPSA) is 110 Å². The van der Waals surface area contributed by atoms with Crippen molar-refractivity contribution in [2.45, 2.75) is 24.2 Å². The molecule has 0 radical (unpaired) electrons. The lowest BCUT2D eigenvalue weighted by molar-refractivity contribution is -0.124. The van der Waals surface area contributed by atoms with Crippen LogP contribution in [-0.4, -0.2) is 33.8 Å². The zero-order valence-corrected chi connectivity index (χ0v) is 14.6. The zero-order chi connectivity index (χ0) is 17.7. The number of nitrogens with two attached hydrogens (primary N) is 1. The van der Waals surface area contributed by atoms with Crippen LogP contribution in [0.25, 0.3) is 0 Å². The number of halogens is 1. The van der Waals surface area contributed by atoms with Crippen molar-refractivity contribution in [1.29, 1.82) is 0 Å². The van der Waals surface area contributed by atoms with Gasteiger partial charge in [-0.1, -0.05) is 29.2 Å². The molecule has 7 nitrogen and oxygen atoms in total. The minimum absolute atomic E-state index is 0.0745. The lowest BCUT2D eigenvalue weighted by Crippen LogP contribution is -2.42. The molecule has 0 saturated carbocycles. The number of nitrogens with zero attached hydrogens (tertiary/aromatic N) is 2. The number of carbonyl (C=O) groups excluding carboxylic acids is 2. The van der Waals surface area contributed by atoms with Crippen molar-refractivity contribution >= 4 is 45.7 Å². The molecule has 0 bridgehead atoms. The Hall–Kier alpha value is -2.20. The number of nitrogens with one attached hydrogen (secondary N) is 2. The van der Waals surface area contributed by atoms with Gasteiger partial charge in [-0.15, -0.1) is 10.2 Å². The van der Waals surface area contributed by atoms with Crippen LogP contribution in [0.5, 0.6) is 0 Å². The number of aryl methyl sites for hydroxylation is 1. The Kier molecular flexibility index (Phi) is 6.10. The van der Waals surface area contributed by atoms with E-state index in [-0.39, 0.29) is 17.3 Å². The highest BCUT2D eigenvalue weighted by Gasteiger charge is 2.17. The smallest absolute Gasteiger partial charge is 0.246 e. The van der Waals surface area contributed by atoms with E-state index in [0.717, 1.165) is 5.56 Å². The first-order valence-electron chi connectivity index (χ1n) is 6.93. The molecule has 2 aromatic rings. The molecule has 1 aromatic carbocycles. The van der Waals surface area contributed by atoms with Crippen LogP contribution in [0.3, 0.4) is 0 Å². The van der Waals surface area contributed by atoms with E-state index in [1.165, 1.54) is 42.2 Å². The van der Waals surface area contributed by atoms with Gasteiger partial charge in [-0.2, -0.15) is 0 Å². The molecule has 2 amide bonds. The fourth-order valence-corrected chi connectivity index (χ4v) is 3.16. The van der Waals surface area contributed by atoms with E-state index in [1.807, 2.05) is 0 Å². The highest BCUT2D eigenvalue weighted by molar-refractivity contribution is 8.01. The van der Waals surface area contributed by atoms with Gasteiger partial charge >= 0.3 is 0 Å². The quantitative estimate of drug-likeness (QED) is 0.670. The molecule has 128 valence electrons. The minimum Gasteiger partial charge on any atom is -0.374 e. The Labute approximate surface area is 146 Å². The van der Waals surface area contributed by atoms with Crippen molar-refractivity contribution in [2.75, 3.05) is 16.8 Å². The lowest BCUT2D eigenvalue weighted by atomic mass is 10.2. The van der Waals surface area contributed by atoms with Crippen molar-refractivity contribution in [3.63, 3.8) is 0 Å². The fourth-order valence-electron chi connectivity index (χ4n) is 1.72. The Balaban J connectivity index is 1.83. The zero-order valence-electron chi connectivity index (χ0n) is 13.0. The Morgan fingerprint density at radius 1 is 1.42 bits per heavy atom. The van der Waals surface area contributed by atoms with Gasteiger partial charge < -0.3 is 16.4 Å². The van der Waals surface area contributed by atoms with Crippen molar-refractivity contribution in [2.24, 2.45) is 0 Å². The van der Waals surface area contributed by atoms with Crippen LogP contribution in [0.1, 0.15) is 12.5 Å². The molecular formula is C14H16FN5O2S2. The van der Waals surface area contributed by atoms with Crippen molar-refractivity contribution < 1.29 is 14.0 Å². The van der Waals surface area contributed by atoms with Gasteiger partial charge in [0.25, 0.3) is 0 Å². The summed E-state index contributed by atoms with van der Waals surface area (Å²) in [4.78, 5) is 23.9. The summed E-state index contributed by atoms with van der Waals surface area (Å²) in [5.41, 5.74) is 6.27. The molecule has 1 heterocycles. The number of rotatable bonds is 6. The molecule has 0 unspecified atom stereocenters. The van der Waals surface area contributed by atoms with Crippen LogP contribution in [0, 0.1) is 12.7 Å². The number of nitrogen functional groups attached to an aromatic ring is 1. The van der Waals surface area contributed by atoms with Crippen LogP contribution in [0.2, 0.25) is 0 Å². The normalized spacial score (nSPS) is 11.8. The van der Waals surface area contributed by atoms with E-state index in [2.05, 4.69) is 20.8 Å². The third-order valence-electron chi connectivity index (χ3n) is 2.90. The minimum atomic E-state index is -0.807. The summed E-state index contributed by atoms with van der Waals surface area (Å²) in [6, 6.07) is 3.68. The molecule has 4 N–H and O–H groups in total. The molecule has 24 heavy (non-hydrogen) atoms. The molecule has 0 aliphatic carbocycles. The Morgan fingerprint density at radius 2 is 2.17 bits per heavy atom. The van der Waals surface area contributed by atoms with Crippen LogP contribution >= 0.6 is 23.1 Å². The Bertz CT molecular complexity index is 753. The maximum Gasteiger partial charge on any atom is 0.246 e. The second-order valence-corrected chi connectivity index (χ2v) is 7.19. The van der Waals surface area contributed by atoms with Gasteiger partial charge in [0, 0.05) is 0 Å². The first kappa shape index (κ1) is 18.1. The third kappa shape index (κ3) is 5.17. The third-order valence-corrected chi connectivity index (χ3v) is 4.79. The van der Waals surface area contributed by atoms with E-state index in [9.17, 15) is 14.0 Å². The molecule has 0 aliphatic heterocycles. The molecule has 0 fully saturated rings. The summed E-state index contributed by atoms with van der Waals surface area (Å²) in [5, 5.41) is 12.7. The molecule has 0 aliphatic rings. The maximum atomic E-state index is 13.7. The summed E-state index contributed by atoms with van der Waals surface area (Å²) in [6.07, 6.45) is 0. The number of benzene rings is 1. The molecule has 2 rings (SSSR count). The van der Waals surface area contributed by atoms with Crippen molar-refractivity contribution in [3.05, 3.63) is 29.6 Å². The van der Waals surface area contributed by atoms with E-state index in [0.29, 0.717) is 9.47 Å². The summed E-state index contributed by atoms with van der Waals surface area (Å²) < 4.78 is 14.3. The SMILES string of the molecule is Cc1ccc(NC(=O)[C@H](C)NC(=O)CSc2nnc(N)s2)c(F)c1. The second kappa shape index (κ2) is 8.06. The second-order valence-electron chi connectivity index (χ2n) is 4.96. The van der Waals surface area contributed by atoms with Gasteiger partial charge in [0.2, 0.25) is 16.9 Å². The largest absolute Gasteiger partial charge is 0.374 e. The number of anilines is 2. The summed E-state index contributed by atoms with van der Waals surface area (Å²) in [5.74, 6) is -1.30. The highest BCUT2D eigenvalue weighted by Crippen LogP contribution is 2.23. The lowest BCUT2D eigenvalue weighted by Gasteiger charge is -2.14. The first-order valence-corrected chi connectivity index (χ1v) is 8.73. The summed E-state index contributed by atoms with van der Waals surface area (Å²) in [6.45, 7) is 3.27. The predicted molar refractivity (Wildman–Crippen MR) is 92.4 cm³/mol. The number of hydrogen-bond donors (Lipinski definition) is 3. The number of amides is 2. The van der Waals surface area contributed by atoms with E-state index in [4.69, 9.17) is 5.73 Å². The van der Waals surface area contributed by atoms with Gasteiger partial charge in [-0.25, -0.2) is 4.39 Å². The van der Waals surface area contributed by atoms with E-state index < -0.39 is 17.8 Å². The van der Waals surface area contributed by atoms with Gasteiger partial charge in [-0.05, 0) is 31.5 Å². The molecule has 1 aromatic heterocycles. The predicted octanol–water partition coefficient (Wildman–Crippen LogP) is 1.80. The first-order chi connectivity index (χ1) is 11.3. The number of thioether (sulfide) groups is 1. The standard InChI is InChI=1S/C14H16FN5O2S2/c1-7-3-4-10(9(15)5-7)18-12(22)8(2)17-11(21)6-23-14-20-19-13(16)24-14/h3-5,8H,6H2,1-2H3,(H2,16,19)(H,17,21)(H,18,22)/t8-/m0/s1. The van der Waals surface area contributed by atoms with Gasteiger partial charge in [-0.3, -0.25) is 9.59 Å². The monoisotopic (exact) mass is 369 g/mol. The number of carbonyl (C=O) groups is 2. The van der Waals surface area contributed by atoms with Gasteiger partial charge in [0.15, 0.2) is 4.34 Å². The van der Waals surface area contributed by atoms with Crippen molar-refractivity contribution in [1.82, 2.24) is 15.5 Å². The van der Waals surface area contributed by atoms with Crippen molar-refractivity contribution in [3.8, 4) is 0 Å². The van der Waals surface area contributed by atoms with Crippen LogP contribution in [-0.2, 0) is 9.59 Å². The average molecular weight is 369 g/mol. The van der Waals surface area contributed by atoms with Gasteiger partial charge in [0.05, 0.1) is 11.4 Å². The molecule has 0 spiro atoms. The highest BCUT2D eigenvalue weighted by atomic mass is 32.2. The number of hydrogen-bond acceptors (Lipinski definition) is 7. The number of aromatic nitrogens is 2. The molecule has 1 atom stereocenters. The van der Waals surface area contributed by atoms with Gasteiger partial charge in [0.1, 0.15) is 11.9 Å². The molecular weight excluding hydrogens is 353 g/mol. The molecule has 10 heteroatoms. The summed E-state index contributed by atoms with van der Waals surface area (Å²) >= 11 is 2.35. The fraction of sp³-hybridized carbons (Fsp3) is 0.286. The Morgan fingerprint density at radius 3 is 2.79 bits per heavy atom. The maximum absolute atomic E-state index is 13.7. The summed E-state index contributed by atoms with van der Waals surface area (Å²) in [7, 11) is 0. The van der Waals surface area contributed by atoms with Crippen LogP contribution in [0.15, 0.2) is 22.5 Å². The van der Waals surface area contributed by atoms with Crippen LogP contribution in [0.4, 0.5) is 15.2 Å². The van der Waals surface area contributed by atoms with E-state index in [1.54, 1.807) is 13.0 Å². The molecule has 0 saturated heterocycles. The van der Waals surface area contributed by atoms with E-state index >= 15 is 0 Å². The average Bonchev–Trinajstić information content (AvgIpc) is 2.93.